The summed E-state index contributed by atoms with van der Waals surface area (Å²) in [5.41, 5.74) is 0.692. The van der Waals surface area contributed by atoms with Crippen molar-refractivity contribution in [1.29, 1.82) is 0 Å². The van der Waals surface area contributed by atoms with E-state index in [1.165, 1.54) is 17.0 Å². The first-order valence-electron chi connectivity index (χ1n) is 7.10. The van der Waals surface area contributed by atoms with Gasteiger partial charge in [0, 0.05) is 7.05 Å². The van der Waals surface area contributed by atoms with E-state index < -0.39 is 16.2 Å². The largest absolute Gasteiger partial charge is 0.324 e. The van der Waals surface area contributed by atoms with E-state index in [2.05, 4.69) is 0 Å². The number of rotatable bonds is 3. The summed E-state index contributed by atoms with van der Waals surface area (Å²) in [7, 11) is -2.48. The fourth-order valence-corrected chi connectivity index (χ4v) is 5.39. The molecule has 1 amide bonds. The predicted octanol–water partition coefficient (Wildman–Crippen LogP) is 3.15. The Bertz CT molecular complexity index is 867. The molecule has 0 aliphatic carbocycles. The number of carbonyl (C=O) groups is 1. The van der Waals surface area contributed by atoms with Crippen LogP contribution in [0.4, 0.5) is 0 Å². The minimum absolute atomic E-state index is 0.0244. The molecule has 2 aromatic rings. The van der Waals surface area contributed by atoms with Crippen LogP contribution in [0.3, 0.4) is 0 Å². The van der Waals surface area contributed by atoms with Gasteiger partial charge in [-0.3, -0.25) is 4.79 Å². The van der Waals surface area contributed by atoms with Gasteiger partial charge < -0.3 is 4.90 Å². The summed E-state index contributed by atoms with van der Waals surface area (Å²) >= 11 is 12.1. The molecule has 1 fully saturated rings. The zero-order valence-corrected chi connectivity index (χ0v) is 15.0. The highest BCUT2D eigenvalue weighted by Gasteiger charge is 2.45. The minimum Gasteiger partial charge on any atom is -0.324 e. The Morgan fingerprint density at radius 2 is 1.58 bits per heavy atom. The van der Waals surface area contributed by atoms with Crippen LogP contribution in [0.2, 0.25) is 10.0 Å². The van der Waals surface area contributed by atoms with E-state index in [0.717, 1.165) is 4.31 Å². The van der Waals surface area contributed by atoms with Crippen molar-refractivity contribution in [2.24, 2.45) is 0 Å². The number of hydrogen-bond acceptors (Lipinski definition) is 3. The topological polar surface area (TPSA) is 57.7 Å². The monoisotopic (exact) mass is 384 g/mol. The maximum absolute atomic E-state index is 13.1. The molecule has 1 saturated heterocycles. The Morgan fingerprint density at radius 3 is 2.17 bits per heavy atom. The third kappa shape index (κ3) is 2.80. The molecule has 0 spiro atoms. The maximum Gasteiger partial charge on any atom is 0.248 e. The zero-order valence-electron chi connectivity index (χ0n) is 12.7. The standard InChI is InChI=1S/C16H14Cl2N2O3S/c1-19-14(21)10-20(16(19)11-6-3-2-4-7-11)24(22,23)15-12(17)8-5-9-13(15)18/h2-9,16H,10H2,1H3. The van der Waals surface area contributed by atoms with Gasteiger partial charge in [0.2, 0.25) is 15.9 Å². The molecular formula is C16H14Cl2N2O3S. The van der Waals surface area contributed by atoms with Crippen molar-refractivity contribution in [3.63, 3.8) is 0 Å². The number of halogens is 2. The lowest BCUT2D eigenvalue weighted by molar-refractivity contribution is -0.126. The highest BCUT2D eigenvalue weighted by Crippen LogP contribution is 2.38. The van der Waals surface area contributed by atoms with Crippen LogP contribution < -0.4 is 0 Å². The molecule has 2 aromatic carbocycles. The van der Waals surface area contributed by atoms with Crippen molar-refractivity contribution in [2.45, 2.75) is 11.1 Å². The molecule has 1 heterocycles. The average molecular weight is 385 g/mol. The lowest BCUT2D eigenvalue weighted by Gasteiger charge is -2.28. The summed E-state index contributed by atoms with van der Waals surface area (Å²) in [4.78, 5) is 13.4. The lowest BCUT2D eigenvalue weighted by Crippen LogP contribution is -2.34. The summed E-state index contributed by atoms with van der Waals surface area (Å²) in [6, 6.07) is 13.4. The highest BCUT2D eigenvalue weighted by molar-refractivity contribution is 7.89. The molecule has 5 nitrogen and oxygen atoms in total. The highest BCUT2D eigenvalue weighted by atomic mass is 35.5. The van der Waals surface area contributed by atoms with E-state index >= 15 is 0 Å². The van der Waals surface area contributed by atoms with Crippen LogP contribution in [0.5, 0.6) is 0 Å². The van der Waals surface area contributed by atoms with Crippen molar-refractivity contribution in [3.8, 4) is 0 Å². The Kier molecular flexibility index (Phi) is 4.57. The summed E-state index contributed by atoms with van der Waals surface area (Å²) in [6.45, 7) is -0.264. The number of likely N-dealkylation sites (N-methyl/N-ethyl adjacent to an activating group) is 1. The van der Waals surface area contributed by atoms with Crippen LogP contribution in [0.25, 0.3) is 0 Å². The number of carbonyl (C=O) groups excluding carboxylic acids is 1. The Balaban J connectivity index is 2.14. The molecule has 1 aliphatic rings. The fourth-order valence-electron chi connectivity index (χ4n) is 2.74. The van der Waals surface area contributed by atoms with Crippen LogP contribution in [0, 0.1) is 0 Å². The van der Waals surface area contributed by atoms with Crippen molar-refractivity contribution in [2.75, 3.05) is 13.6 Å². The third-order valence-electron chi connectivity index (χ3n) is 3.91. The second-order valence-electron chi connectivity index (χ2n) is 5.39. The van der Waals surface area contributed by atoms with Gasteiger partial charge in [-0.1, -0.05) is 59.6 Å². The van der Waals surface area contributed by atoms with E-state index in [9.17, 15) is 13.2 Å². The zero-order chi connectivity index (χ0) is 17.5. The van der Waals surface area contributed by atoms with Gasteiger partial charge in [0.1, 0.15) is 11.1 Å². The number of nitrogens with zero attached hydrogens (tertiary/aromatic N) is 2. The van der Waals surface area contributed by atoms with Gasteiger partial charge in [0.25, 0.3) is 0 Å². The van der Waals surface area contributed by atoms with Gasteiger partial charge in [-0.2, -0.15) is 4.31 Å². The van der Waals surface area contributed by atoms with Gasteiger partial charge in [-0.15, -0.1) is 0 Å². The molecular weight excluding hydrogens is 371 g/mol. The third-order valence-corrected chi connectivity index (χ3v) is 6.66. The van der Waals surface area contributed by atoms with Crippen molar-refractivity contribution >= 4 is 39.1 Å². The minimum atomic E-state index is -4.06. The molecule has 1 atom stereocenters. The van der Waals surface area contributed by atoms with Crippen LogP contribution in [0.1, 0.15) is 11.7 Å². The van der Waals surface area contributed by atoms with Crippen LogP contribution in [-0.2, 0) is 14.8 Å². The summed E-state index contributed by atoms with van der Waals surface area (Å²) < 4.78 is 27.4. The second-order valence-corrected chi connectivity index (χ2v) is 8.03. The van der Waals surface area contributed by atoms with E-state index in [1.807, 2.05) is 6.07 Å². The molecule has 0 saturated carbocycles. The molecule has 0 radical (unpaired) electrons. The number of sulfonamides is 1. The molecule has 126 valence electrons. The molecule has 0 N–H and O–H groups in total. The molecule has 0 aromatic heterocycles. The van der Waals surface area contributed by atoms with Gasteiger partial charge >= 0.3 is 0 Å². The van der Waals surface area contributed by atoms with Crippen molar-refractivity contribution in [1.82, 2.24) is 9.21 Å². The predicted molar refractivity (Wildman–Crippen MR) is 92.3 cm³/mol. The van der Waals surface area contributed by atoms with E-state index in [4.69, 9.17) is 23.2 Å². The van der Waals surface area contributed by atoms with Gasteiger partial charge in [0.05, 0.1) is 16.6 Å². The van der Waals surface area contributed by atoms with E-state index in [1.54, 1.807) is 37.4 Å². The maximum atomic E-state index is 13.1. The average Bonchev–Trinajstić information content (AvgIpc) is 2.84. The first-order chi connectivity index (χ1) is 11.3. The van der Waals surface area contributed by atoms with Crippen molar-refractivity contribution in [3.05, 3.63) is 64.1 Å². The number of amides is 1. The van der Waals surface area contributed by atoms with Crippen LogP contribution in [-0.4, -0.2) is 37.1 Å². The Hall–Kier alpha value is -1.60. The van der Waals surface area contributed by atoms with Crippen LogP contribution in [0.15, 0.2) is 53.4 Å². The van der Waals surface area contributed by atoms with Gasteiger partial charge in [-0.05, 0) is 17.7 Å². The summed E-state index contributed by atoms with van der Waals surface area (Å²) in [5, 5.41) is 0.0487. The molecule has 8 heteroatoms. The number of benzene rings is 2. The van der Waals surface area contributed by atoms with E-state index in [0.29, 0.717) is 5.56 Å². The van der Waals surface area contributed by atoms with Gasteiger partial charge in [-0.25, -0.2) is 8.42 Å². The summed E-state index contributed by atoms with van der Waals surface area (Å²) in [5.74, 6) is -0.296. The van der Waals surface area contributed by atoms with E-state index in [-0.39, 0.29) is 27.4 Å². The first-order valence-corrected chi connectivity index (χ1v) is 9.30. The van der Waals surface area contributed by atoms with Crippen LogP contribution >= 0.6 is 23.2 Å². The van der Waals surface area contributed by atoms with Crippen molar-refractivity contribution < 1.29 is 13.2 Å². The normalized spacial score (nSPS) is 19.0. The SMILES string of the molecule is CN1C(=O)CN(S(=O)(=O)c2c(Cl)cccc2Cl)C1c1ccccc1. The molecule has 0 bridgehead atoms. The lowest BCUT2D eigenvalue weighted by atomic mass is 10.2. The quantitative estimate of drug-likeness (QED) is 0.816. The molecule has 3 rings (SSSR count). The van der Waals surface area contributed by atoms with Gasteiger partial charge in [0.15, 0.2) is 0 Å². The molecule has 24 heavy (non-hydrogen) atoms. The number of hydrogen-bond donors (Lipinski definition) is 0. The first kappa shape index (κ1) is 17.2. The second kappa shape index (κ2) is 6.37. The Morgan fingerprint density at radius 1 is 1.00 bits per heavy atom. The molecule has 1 unspecified atom stereocenters. The molecule has 1 aliphatic heterocycles. The summed E-state index contributed by atoms with van der Waals surface area (Å²) in [6.07, 6.45) is -0.740. The smallest absolute Gasteiger partial charge is 0.248 e. The fraction of sp³-hybridized carbons (Fsp3) is 0.188. The Labute approximate surface area is 150 Å².